The van der Waals surface area contributed by atoms with E-state index >= 15 is 0 Å². The van der Waals surface area contributed by atoms with Gasteiger partial charge in [-0.1, -0.05) is 60.5 Å². The number of carboxylic acid groups (broad SMARTS) is 1. The molecule has 1 aliphatic carbocycles. The van der Waals surface area contributed by atoms with Crippen molar-refractivity contribution < 1.29 is 24.2 Å². The zero-order valence-electron chi connectivity index (χ0n) is 18.1. The van der Waals surface area contributed by atoms with E-state index in [-0.39, 0.29) is 30.6 Å². The summed E-state index contributed by atoms with van der Waals surface area (Å²) in [6.45, 7) is -0.612. The van der Waals surface area contributed by atoms with Gasteiger partial charge < -0.3 is 14.7 Å². The van der Waals surface area contributed by atoms with Gasteiger partial charge in [-0.2, -0.15) is 0 Å². The Kier molecular flexibility index (Phi) is 6.55. The van der Waals surface area contributed by atoms with Crippen LogP contribution in [0.3, 0.4) is 0 Å². The molecule has 1 aromatic heterocycles. The van der Waals surface area contributed by atoms with Gasteiger partial charge in [0.15, 0.2) is 0 Å². The average molecular weight is 455 g/mol. The van der Waals surface area contributed by atoms with Crippen LogP contribution in [-0.4, -0.2) is 52.7 Å². The summed E-state index contributed by atoms with van der Waals surface area (Å²) < 4.78 is 5.49. The highest BCUT2D eigenvalue weighted by Gasteiger charge is 2.29. The van der Waals surface area contributed by atoms with Gasteiger partial charge in [0, 0.05) is 5.92 Å². The molecule has 2 amide bonds. The second kappa shape index (κ2) is 9.88. The van der Waals surface area contributed by atoms with Crippen molar-refractivity contribution in [3.8, 4) is 23.5 Å². The van der Waals surface area contributed by atoms with Crippen molar-refractivity contribution in [3.05, 3.63) is 83.6 Å². The number of terminal acetylenes is 1. The summed E-state index contributed by atoms with van der Waals surface area (Å²) in [6.07, 6.45) is 4.51. The first kappa shape index (κ1) is 22.6. The first-order valence-corrected chi connectivity index (χ1v) is 10.5. The van der Waals surface area contributed by atoms with Gasteiger partial charge in [-0.3, -0.25) is 14.9 Å². The lowest BCUT2D eigenvalue weighted by Crippen LogP contribution is -2.36. The molecular formula is C26H21N3O5. The van der Waals surface area contributed by atoms with Gasteiger partial charge in [-0.05, 0) is 34.4 Å². The van der Waals surface area contributed by atoms with Crippen molar-refractivity contribution in [2.45, 2.75) is 5.92 Å². The fourth-order valence-electron chi connectivity index (χ4n) is 4.00. The van der Waals surface area contributed by atoms with Crippen LogP contribution in [0.25, 0.3) is 11.1 Å². The molecule has 0 atom stereocenters. The number of benzene rings is 2. The highest BCUT2D eigenvalue weighted by Crippen LogP contribution is 2.44. The summed E-state index contributed by atoms with van der Waals surface area (Å²) in [5.74, 6) is 0.405. The maximum atomic E-state index is 12.6. The second-order valence-corrected chi connectivity index (χ2v) is 7.62. The zero-order chi connectivity index (χ0) is 24.1. The summed E-state index contributed by atoms with van der Waals surface area (Å²) in [5.41, 5.74) is 4.38. The lowest BCUT2D eigenvalue weighted by atomic mass is 9.98. The maximum absolute atomic E-state index is 12.6. The number of pyridine rings is 1. The van der Waals surface area contributed by atoms with Crippen molar-refractivity contribution in [3.63, 3.8) is 0 Å². The van der Waals surface area contributed by atoms with Gasteiger partial charge in [0.25, 0.3) is 5.91 Å². The number of aliphatic carboxylic acids is 1. The van der Waals surface area contributed by atoms with Crippen molar-refractivity contribution in [2.75, 3.05) is 25.0 Å². The molecule has 0 bridgehead atoms. The summed E-state index contributed by atoms with van der Waals surface area (Å²) in [7, 11) is 0. The minimum Gasteiger partial charge on any atom is -0.480 e. The molecule has 170 valence electrons. The van der Waals surface area contributed by atoms with Crippen molar-refractivity contribution in [2.24, 2.45) is 0 Å². The summed E-state index contributed by atoms with van der Waals surface area (Å²) in [4.78, 5) is 41.2. The molecule has 0 radical (unpaired) electrons. The quantitative estimate of drug-likeness (QED) is 0.527. The number of carboxylic acids is 1. The van der Waals surface area contributed by atoms with E-state index in [9.17, 15) is 14.4 Å². The fraction of sp³-hybridized carbons (Fsp3) is 0.154. The van der Waals surface area contributed by atoms with Gasteiger partial charge in [0.05, 0.1) is 6.54 Å². The number of anilines is 1. The molecule has 0 saturated carbocycles. The first-order valence-electron chi connectivity index (χ1n) is 10.5. The SMILES string of the molecule is C#CCN(CC(=O)O)C(=O)c1cccc(NC(=O)OCC2c3ccccc3-c3ccccc32)n1. The standard InChI is InChI=1S/C26H21N3O5/c1-2-14-29(15-24(30)31)25(32)22-12-7-13-23(27-22)28-26(33)34-16-21-19-10-5-3-8-17(19)18-9-4-6-11-20(18)21/h1,3-13,21H,14-16H2,(H,30,31)(H,27,28,33). The minimum atomic E-state index is -1.20. The fourth-order valence-corrected chi connectivity index (χ4v) is 4.00. The molecule has 0 spiro atoms. The van der Waals surface area contributed by atoms with E-state index in [0.717, 1.165) is 27.2 Å². The number of rotatable bonds is 7. The highest BCUT2D eigenvalue weighted by molar-refractivity contribution is 5.95. The predicted molar refractivity (Wildman–Crippen MR) is 125 cm³/mol. The number of aromatic nitrogens is 1. The molecule has 2 N–H and O–H groups in total. The highest BCUT2D eigenvalue weighted by atomic mass is 16.5. The molecule has 3 aromatic rings. The largest absolute Gasteiger partial charge is 0.480 e. The Morgan fingerprint density at radius 3 is 2.26 bits per heavy atom. The normalized spacial score (nSPS) is 11.6. The van der Waals surface area contributed by atoms with Crippen LogP contribution in [0.1, 0.15) is 27.5 Å². The Hall–Kier alpha value is -4.64. The van der Waals surface area contributed by atoms with Gasteiger partial charge in [-0.25, -0.2) is 9.78 Å². The van der Waals surface area contributed by atoms with Crippen molar-refractivity contribution in [1.82, 2.24) is 9.88 Å². The van der Waals surface area contributed by atoms with Crippen LogP contribution in [0.5, 0.6) is 0 Å². The van der Waals surface area contributed by atoms with Gasteiger partial charge in [0.2, 0.25) is 0 Å². The lowest BCUT2D eigenvalue weighted by Gasteiger charge is -2.18. The zero-order valence-corrected chi connectivity index (χ0v) is 18.1. The Bertz CT molecular complexity index is 1250. The third-order valence-electron chi connectivity index (χ3n) is 5.44. The molecule has 8 heteroatoms. The Labute approximate surface area is 196 Å². The Balaban J connectivity index is 1.43. The van der Waals surface area contributed by atoms with Crippen LogP contribution in [0, 0.1) is 12.3 Å². The van der Waals surface area contributed by atoms with Crippen LogP contribution >= 0.6 is 0 Å². The van der Waals surface area contributed by atoms with Crippen LogP contribution in [-0.2, 0) is 9.53 Å². The number of carbonyl (C=O) groups is 3. The lowest BCUT2D eigenvalue weighted by molar-refractivity contribution is -0.137. The van der Waals surface area contributed by atoms with Crippen molar-refractivity contribution >= 4 is 23.8 Å². The van der Waals surface area contributed by atoms with E-state index in [0.29, 0.717) is 0 Å². The van der Waals surface area contributed by atoms with Crippen LogP contribution in [0.2, 0.25) is 0 Å². The topological polar surface area (TPSA) is 109 Å². The molecule has 1 heterocycles. The maximum Gasteiger partial charge on any atom is 0.412 e. The third-order valence-corrected chi connectivity index (χ3v) is 5.44. The van der Waals surface area contributed by atoms with Crippen LogP contribution in [0.15, 0.2) is 66.7 Å². The van der Waals surface area contributed by atoms with Crippen LogP contribution < -0.4 is 5.32 Å². The summed E-state index contributed by atoms with van der Waals surface area (Å²) >= 11 is 0. The summed E-state index contributed by atoms with van der Waals surface area (Å²) in [5, 5.41) is 11.5. The van der Waals surface area contributed by atoms with E-state index < -0.39 is 24.5 Å². The van der Waals surface area contributed by atoms with Crippen molar-refractivity contribution in [1.29, 1.82) is 0 Å². The smallest absolute Gasteiger partial charge is 0.412 e. The molecular weight excluding hydrogens is 434 g/mol. The number of hydrogen-bond acceptors (Lipinski definition) is 5. The van der Waals surface area contributed by atoms with Gasteiger partial charge in [0.1, 0.15) is 24.7 Å². The van der Waals surface area contributed by atoms with E-state index in [1.54, 1.807) is 0 Å². The molecule has 8 nitrogen and oxygen atoms in total. The number of ether oxygens (including phenoxy) is 1. The number of nitrogens with one attached hydrogen (secondary N) is 1. The average Bonchev–Trinajstić information content (AvgIpc) is 3.16. The molecule has 34 heavy (non-hydrogen) atoms. The van der Waals surface area contributed by atoms with Gasteiger partial charge >= 0.3 is 12.1 Å². The molecule has 2 aromatic carbocycles. The number of fused-ring (bicyclic) bond motifs is 3. The first-order chi connectivity index (χ1) is 16.5. The molecule has 0 unspecified atom stereocenters. The second-order valence-electron chi connectivity index (χ2n) is 7.62. The van der Waals surface area contributed by atoms with Crippen LogP contribution in [0.4, 0.5) is 10.6 Å². The molecule has 0 aliphatic heterocycles. The van der Waals surface area contributed by atoms with E-state index in [2.05, 4.69) is 28.4 Å². The number of nitrogens with zero attached hydrogens (tertiary/aromatic N) is 2. The Morgan fingerprint density at radius 2 is 1.65 bits per heavy atom. The molecule has 0 saturated heterocycles. The minimum absolute atomic E-state index is 0.0482. The molecule has 4 rings (SSSR count). The monoisotopic (exact) mass is 455 g/mol. The predicted octanol–water partition coefficient (Wildman–Crippen LogP) is 3.60. The molecule has 0 fully saturated rings. The number of hydrogen-bond donors (Lipinski definition) is 2. The van der Waals surface area contributed by atoms with E-state index in [1.807, 2.05) is 36.4 Å². The number of amides is 2. The van der Waals surface area contributed by atoms with Gasteiger partial charge in [-0.15, -0.1) is 6.42 Å². The van der Waals surface area contributed by atoms with E-state index in [1.165, 1.54) is 18.2 Å². The Morgan fingerprint density at radius 1 is 1.00 bits per heavy atom. The summed E-state index contributed by atoms with van der Waals surface area (Å²) in [6, 6.07) is 20.5. The molecule has 1 aliphatic rings. The third kappa shape index (κ3) is 4.74. The number of carbonyl (C=O) groups excluding carboxylic acids is 2. The van der Waals surface area contributed by atoms with E-state index in [4.69, 9.17) is 16.3 Å².